The Hall–Kier alpha value is -2.30. The molecular formula is C19H24N2O3. The van der Waals surface area contributed by atoms with Crippen LogP contribution in [0.5, 0.6) is 0 Å². The molecule has 5 heteroatoms. The lowest BCUT2D eigenvalue weighted by Gasteiger charge is -2.33. The average Bonchev–Trinajstić information content (AvgIpc) is 2.89. The number of benzene rings is 1. The molecule has 0 spiro atoms. The highest BCUT2D eigenvalue weighted by Gasteiger charge is 2.24. The number of rotatable bonds is 5. The smallest absolute Gasteiger partial charge is 0.303 e. The number of hydrogen-bond acceptors (Lipinski definition) is 2. The number of fused-ring (bicyclic) bond motifs is 1. The third-order valence-corrected chi connectivity index (χ3v) is 4.95. The van der Waals surface area contributed by atoms with Crippen molar-refractivity contribution in [3.8, 4) is 0 Å². The standard InChI is InChI=1S/C19H24N2O3/c1-14-11-16-6-2-3-7-17(16)21(14)13-18(22)20-10-4-5-15(12-20)8-9-19(23)24/h2-3,6-7,11,15H,4-5,8-10,12-13H2,1H3,(H,23,24). The van der Waals surface area contributed by atoms with E-state index in [1.807, 2.05) is 30.0 Å². The predicted molar refractivity (Wildman–Crippen MR) is 92.8 cm³/mol. The SMILES string of the molecule is Cc1cc2ccccc2n1CC(=O)N1CCCC(CCC(=O)O)C1. The Bertz CT molecular complexity index is 750. The summed E-state index contributed by atoms with van der Waals surface area (Å²) in [5.74, 6) is -0.325. The van der Waals surface area contributed by atoms with Crippen LogP contribution >= 0.6 is 0 Å². The number of likely N-dealkylation sites (tertiary alicyclic amines) is 1. The van der Waals surface area contributed by atoms with Crippen molar-refractivity contribution < 1.29 is 14.7 Å². The Kier molecular flexibility index (Phi) is 4.88. The van der Waals surface area contributed by atoms with Crippen LogP contribution in [0.25, 0.3) is 10.9 Å². The zero-order valence-corrected chi connectivity index (χ0v) is 14.1. The van der Waals surface area contributed by atoms with Gasteiger partial charge in [-0.2, -0.15) is 0 Å². The van der Waals surface area contributed by atoms with Crippen molar-refractivity contribution in [1.82, 2.24) is 9.47 Å². The van der Waals surface area contributed by atoms with E-state index < -0.39 is 5.97 Å². The van der Waals surface area contributed by atoms with Crippen LogP contribution < -0.4 is 0 Å². The summed E-state index contributed by atoms with van der Waals surface area (Å²) < 4.78 is 2.07. The number of aromatic nitrogens is 1. The Morgan fingerprint density at radius 1 is 1.29 bits per heavy atom. The van der Waals surface area contributed by atoms with Gasteiger partial charge in [0, 0.05) is 30.7 Å². The number of aryl methyl sites for hydroxylation is 1. The van der Waals surface area contributed by atoms with E-state index in [1.54, 1.807) is 0 Å². The Morgan fingerprint density at radius 2 is 2.08 bits per heavy atom. The second kappa shape index (κ2) is 7.07. The lowest BCUT2D eigenvalue weighted by atomic mass is 9.93. The summed E-state index contributed by atoms with van der Waals surface area (Å²) in [5.41, 5.74) is 2.17. The first kappa shape index (κ1) is 16.6. The van der Waals surface area contributed by atoms with Crippen LogP contribution in [-0.4, -0.2) is 39.5 Å². The molecule has 1 N–H and O–H groups in total. The molecular weight excluding hydrogens is 304 g/mol. The third-order valence-electron chi connectivity index (χ3n) is 4.95. The molecule has 1 aliphatic heterocycles. The van der Waals surface area contributed by atoms with E-state index in [0.29, 0.717) is 25.4 Å². The second-order valence-corrected chi connectivity index (χ2v) is 6.71. The minimum Gasteiger partial charge on any atom is -0.481 e. The number of nitrogens with zero attached hydrogens (tertiary/aromatic N) is 2. The van der Waals surface area contributed by atoms with Crippen LogP contribution in [0.15, 0.2) is 30.3 Å². The highest BCUT2D eigenvalue weighted by molar-refractivity contribution is 5.84. The fourth-order valence-corrected chi connectivity index (χ4v) is 3.65. The molecule has 1 saturated heterocycles. The topological polar surface area (TPSA) is 62.5 Å². The minimum absolute atomic E-state index is 0.125. The molecule has 1 unspecified atom stereocenters. The molecule has 0 radical (unpaired) electrons. The molecule has 1 aromatic heterocycles. The first-order valence-electron chi connectivity index (χ1n) is 8.59. The van der Waals surface area contributed by atoms with Gasteiger partial charge in [-0.15, -0.1) is 0 Å². The Morgan fingerprint density at radius 3 is 2.88 bits per heavy atom. The van der Waals surface area contributed by atoms with E-state index in [9.17, 15) is 9.59 Å². The number of carbonyl (C=O) groups excluding carboxylic acids is 1. The van der Waals surface area contributed by atoms with Crippen molar-refractivity contribution in [2.24, 2.45) is 5.92 Å². The second-order valence-electron chi connectivity index (χ2n) is 6.71. The molecule has 3 rings (SSSR count). The highest BCUT2D eigenvalue weighted by Crippen LogP contribution is 2.23. The fourth-order valence-electron chi connectivity index (χ4n) is 3.65. The first-order valence-corrected chi connectivity index (χ1v) is 8.59. The molecule has 1 fully saturated rings. The van der Waals surface area contributed by atoms with Gasteiger partial charge in [0.25, 0.3) is 0 Å². The largest absolute Gasteiger partial charge is 0.481 e. The van der Waals surface area contributed by atoms with Gasteiger partial charge in [-0.1, -0.05) is 18.2 Å². The van der Waals surface area contributed by atoms with Gasteiger partial charge in [0.05, 0.1) is 0 Å². The van der Waals surface area contributed by atoms with Crippen molar-refractivity contribution in [3.05, 3.63) is 36.0 Å². The normalized spacial score (nSPS) is 18.0. The molecule has 0 saturated carbocycles. The summed E-state index contributed by atoms with van der Waals surface area (Å²) in [6.45, 7) is 3.84. The van der Waals surface area contributed by atoms with Gasteiger partial charge in [-0.3, -0.25) is 9.59 Å². The van der Waals surface area contributed by atoms with E-state index in [2.05, 4.69) is 16.7 Å². The molecule has 128 valence electrons. The van der Waals surface area contributed by atoms with Gasteiger partial charge in [0.15, 0.2) is 0 Å². The summed E-state index contributed by atoms with van der Waals surface area (Å²) >= 11 is 0. The van der Waals surface area contributed by atoms with E-state index in [0.717, 1.165) is 36.0 Å². The Labute approximate surface area is 141 Å². The van der Waals surface area contributed by atoms with Gasteiger partial charge < -0.3 is 14.6 Å². The fraction of sp³-hybridized carbons (Fsp3) is 0.474. The maximum Gasteiger partial charge on any atom is 0.303 e. The van der Waals surface area contributed by atoms with Crippen molar-refractivity contribution in [3.63, 3.8) is 0 Å². The van der Waals surface area contributed by atoms with Crippen LogP contribution in [0.1, 0.15) is 31.4 Å². The number of aliphatic carboxylic acids is 1. The van der Waals surface area contributed by atoms with E-state index in [-0.39, 0.29) is 12.3 Å². The van der Waals surface area contributed by atoms with Crippen molar-refractivity contribution in [2.45, 2.75) is 39.2 Å². The third kappa shape index (κ3) is 3.61. The maximum absolute atomic E-state index is 12.7. The van der Waals surface area contributed by atoms with Crippen LogP contribution in [0.3, 0.4) is 0 Å². The summed E-state index contributed by atoms with van der Waals surface area (Å²) in [4.78, 5) is 25.4. The maximum atomic E-state index is 12.7. The molecule has 2 heterocycles. The van der Waals surface area contributed by atoms with Gasteiger partial charge >= 0.3 is 5.97 Å². The van der Waals surface area contributed by atoms with Gasteiger partial charge in [0.1, 0.15) is 6.54 Å². The number of piperidine rings is 1. The lowest BCUT2D eigenvalue weighted by molar-refractivity contribution is -0.137. The van der Waals surface area contributed by atoms with Gasteiger partial charge in [-0.05, 0) is 49.6 Å². The number of carboxylic acid groups (broad SMARTS) is 1. The molecule has 24 heavy (non-hydrogen) atoms. The van der Waals surface area contributed by atoms with Crippen LogP contribution in [0, 0.1) is 12.8 Å². The monoisotopic (exact) mass is 328 g/mol. The highest BCUT2D eigenvalue weighted by atomic mass is 16.4. The summed E-state index contributed by atoms with van der Waals surface area (Å²) in [6, 6.07) is 10.2. The first-order chi connectivity index (χ1) is 11.5. The van der Waals surface area contributed by atoms with Crippen molar-refractivity contribution in [1.29, 1.82) is 0 Å². The van der Waals surface area contributed by atoms with Gasteiger partial charge in [0.2, 0.25) is 5.91 Å². The molecule has 1 aromatic carbocycles. The van der Waals surface area contributed by atoms with E-state index in [1.165, 1.54) is 0 Å². The number of hydrogen-bond donors (Lipinski definition) is 1. The summed E-state index contributed by atoms with van der Waals surface area (Å²) in [7, 11) is 0. The Balaban J connectivity index is 1.67. The number of amides is 1. The zero-order valence-electron chi connectivity index (χ0n) is 14.1. The summed E-state index contributed by atoms with van der Waals surface area (Å²) in [6.07, 6.45) is 2.82. The molecule has 5 nitrogen and oxygen atoms in total. The van der Waals surface area contributed by atoms with Crippen LogP contribution in [0.4, 0.5) is 0 Å². The molecule has 1 atom stereocenters. The number of carbonyl (C=O) groups is 2. The number of para-hydroxylation sites is 1. The van der Waals surface area contributed by atoms with E-state index in [4.69, 9.17) is 5.11 Å². The molecule has 1 aliphatic rings. The molecule has 0 bridgehead atoms. The lowest BCUT2D eigenvalue weighted by Crippen LogP contribution is -2.41. The summed E-state index contributed by atoms with van der Waals surface area (Å²) in [5, 5.41) is 9.99. The molecule has 1 amide bonds. The molecule has 2 aromatic rings. The van der Waals surface area contributed by atoms with E-state index >= 15 is 0 Å². The average molecular weight is 328 g/mol. The quantitative estimate of drug-likeness (QED) is 0.917. The van der Waals surface area contributed by atoms with Crippen molar-refractivity contribution in [2.75, 3.05) is 13.1 Å². The van der Waals surface area contributed by atoms with Gasteiger partial charge in [-0.25, -0.2) is 0 Å². The van der Waals surface area contributed by atoms with Crippen LogP contribution in [0.2, 0.25) is 0 Å². The predicted octanol–water partition coefficient (Wildman–Crippen LogP) is 3.05. The van der Waals surface area contributed by atoms with Crippen molar-refractivity contribution >= 4 is 22.8 Å². The van der Waals surface area contributed by atoms with Crippen LogP contribution in [-0.2, 0) is 16.1 Å². The zero-order chi connectivity index (χ0) is 17.1. The number of carboxylic acids is 1. The molecule has 0 aliphatic carbocycles. The minimum atomic E-state index is -0.757.